The molecular formula is C25H25ClN2O3S2. The second kappa shape index (κ2) is 11.5. The average Bonchev–Trinajstić information content (AvgIpc) is 3.50. The van der Waals surface area contributed by atoms with E-state index in [1.165, 1.54) is 11.3 Å². The van der Waals surface area contributed by atoms with Crippen LogP contribution in [0.25, 0.3) is 0 Å². The number of carbonyl (C=O) groups is 1. The van der Waals surface area contributed by atoms with E-state index in [9.17, 15) is 4.79 Å². The van der Waals surface area contributed by atoms with Crippen molar-refractivity contribution in [1.29, 1.82) is 0 Å². The summed E-state index contributed by atoms with van der Waals surface area (Å²) in [4.78, 5) is 14.3. The first kappa shape index (κ1) is 23.5. The number of fused-ring (bicyclic) bond motifs is 1. The normalized spacial score (nSPS) is 12.3. The number of halogens is 1. The van der Waals surface area contributed by atoms with Crippen molar-refractivity contribution < 1.29 is 14.3 Å². The van der Waals surface area contributed by atoms with Gasteiger partial charge >= 0.3 is 0 Å². The second-order valence-electron chi connectivity index (χ2n) is 7.64. The Labute approximate surface area is 208 Å². The van der Waals surface area contributed by atoms with Crippen molar-refractivity contribution in [1.82, 2.24) is 5.32 Å². The van der Waals surface area contributed by atoms with Gasteiger partial charge < -0.3 is 14.4 Å². The number of hydrogen-bond donors (Lipinski definition) is 1. The van der Waals surface area contributed by atoms with Crippen LogP contribution in [0, 0.1) is 0 Å². The maximum atomic E-state index is 12.3. The standard InChI is InChI=1S/C25H25ClN2O3S2/c26-19-7-9-20(10-8-19)30-14-2-1-3-15-31-23-6-4-5-22-21(23)11-13-28(22)25(32)27-24(29)18-12-16-33-17-18/h4-10,12,16-17H,1-3,11,13-15H2,(H,27,29,32). The van der Waals surface area contributed by atoms with E-state index in [2.05, 4.69) is 5.32 Å². The number of benzene rings is 2. The molecule has 0 fully saturated rings. The zero-order valence-corrected chi connectivity index (χ0v) is 20.5. The van der Waals surface area contributed by atoms with E-state index in [4.69, 9.17) is 33.3 Å². The van der Waals surface area contributed by atoms with Gasteiger partial charge in [-0.05, 0) is 85.7 Å². The molecule has 1 aromatic heterocycles. The molecule has 0 aliphatic carbocycles. The van der Waals surface area contributed by atoms with Crippen molar-refractivity contribution in [3.63, 3.8) is 0 Å². The Morgan fingerprint density at radius 3 is 2.61 bits per heavy atom. The summed E-state index contributed by atoms with van der Waals surface area (Å²) in [5.41, 5.74) is 2.76. The predicted molar refractivity (Wildman–Crippen MR) is 138 cm³/mol. The van der Waals surface area contributed by atoms with Crippen LogP contribution in [0.1, 0.15) is 35.2 Å². The Morgan fingerprint density at radius 1 is 1.06 bits per heavy atom. The van der Waals surface area contributed by atoms with E-state index in [1.54, 1.807) is 6.07 Å². The molecule has 0 spiro atoms. The predicted octanol–water partition coefficient (Wildman–Crippen LogP) is 6.11. The minimum atomic E-state index is -0.179. The van der Waals surface area contributed by atoms with Crippen LogP contribution >= 0.6 is 35.2 Å². The molecule has 0 unspecified atom stereocenters. The Balaban J connectivity index is 1.21. The number of thiocarbonyl (C=S) groups is 1. The molecule has 5 nitrogen and oxygen atoms in total. The quantitative estimate of drug-likeness (QED) is 0.284. The number of anilines is 1. The lowest BCUT2D eigenvalue weighted by Crippen LogP contribution is -2.41. The zero-order valence-electron chi connectivity index (χ0n) is 18.1. The monoisotopic (exact) mass is 500 g/mol. The first-order valence-electron chi connectivity index (χ1n) is 10.9. The van der Waals surface area contributed by atoms with Crippen LogP contribution in [0.5, 0.6) is 11.5 Å². The molecule has 1 amide bonds. The molecule has 3 aromatic rings. The molecule has 0 bridgehead atoms. The highest BCUT2D eigenvalue weighted by atomic mass is 35.5. The van der Waals surface area contributed by atoms with Gasteiger partial charge in [-0.3, -0.25) is 10.1 Å². The molecule has 2 aromatic carbocycles. The lowest BCUT2D eigenvalue weighted by molar-refractivity contribution is 0.0977. The third-order valence-corrected chi connectivity index (χ3v) is 6.62. The van der Waals surface area contributed by atoms with Gasteiger partial charge in [0.2, 0.25) is 0 Å². The first-order valence-corrected chi connectivity index (χ1v) is 12.6. The van der Waals surface area contributed by atoms with Gasteiger partial charge in [-0.25, -0.2) is 0 Å². The topological polar surface area (TPSA) is 50.8 Å². The van der Waals surface area contributed by atoms with E-state index in [1.807, 2.05) is 58.1 Å². The maximum absolute atomic E-state index is 12.3. The molecule has 0 saturated heterocycles. The summed E-state index contributed by atoms with van der Waals surface area (Å²) in [6.07, 6.45) is 3.76. The average molecular weight is 501 g/mol. The van der Waals surface area contributed by atoms with Gasteiger partial charge in [0.25, 0.3) is 5.91 Å². The van der Waals surface area contributed by atoms with Gasteiger partial charge in [0, 0.05) is 22.5 Å². The summed E-state index contributed by atoms with van der Waals surface area (Å²) in [6.45, 7) is 2.04. The molecule has 2 heterocycles. The van der Waals surface area contributed by atoms with E-state index in [0.717, 1.165) is 55.0 Å². The minimum absolute atomic E-state index is 0.179. The van der Waals surface area contributed by atoms with E-state index < -0.39 is 0 Å². The molecule has 8 heteroatoms. The van der Waals surface area contributed by atoms with Crippen molar-refractivity contribution in [3.8, 4) is 11.5 Å². The number of hydrogen-bond acceptors (Lipinski definition) is 5. The van der Waals surface area contributed by atoms with Gasteiger partial charge in [-0.15, -0.1) is 0 Å². The first-order chi connectivity index (χ1) is 16.1. The number of thiophene rings is 1. The molecule has 1 aliphatic rings. The van der Waals surface area contributed by atoms with E-state index >= 15 is 0 Å². The van der Waals surface area contributed by atoms with Crippen molar-refractivity contribution in [2.75, 3.05) is 24.7 Å². The highest BCUT2D eigenvalue weighted by Gasteiger charge is 2.26. The number of amides is 1. The zero-order chi connectivity index (χ0) is 23.0. The molecule has 172 valence electrons. The Morgan fingerprint density at radius 2 is 1.85 bits per heavy atom. The largest absolute Gasteiger partial charge is 0.494 e. The lowest BCUT2D eigenvalue weighted by Gasteiger charge is -2.21. The molecule has 4 rings (SSSR count). The highest BCUT2D eigenvalue weighted by Crippen LogP contribution is 2.35. The van der Waals surface area contributed by atoms with Crippen LogP contribution in [0.2, 0.25) is 5.02 Å². The Bertz CT molecular complexity index is 1090. The highest BCUT2D eigenvalue weighted by molar-refractivity contribution is 7.80. The van der Waals surface area contributed by atoms with Crippen LogP contribution in [-0.4, -0.2) is 30.8 Å². The lowest BCUT2D eigenvalue weighted by atomic mass is 10.1. The SMILES string of the molecule is O=C(NC(=S)N1CCc2c(OCCCCCOc3ccc(Cl)cc3)cccc21)c1ccsc1. The van der Waals surface area contributed by atoms with Crippen LogP contribution in [-0.2, 0) is 6.42 Å². The third-order valence-electron chi connectivity index (χ3n) is 5.36. The number of ether oxygens (including phenoxy) is 2. The van der Waals surface area contributed by atoms with Gasteiger partial charge in [0.05, 0.1) is 24.5 Å². The molecular weight excluding hydrogens is 476 g/mol. The molecule has 0 atom stereocenters. The molecule has 1 N–H and O–H groups in total. The summed E-state index contributed by atoms with van der Waals surface area (Å²) in [7, 11) is 0. The van der Waals surface area contributed by atoms with Gasteiger partial charge in [0.15, 0.2) is 5.11 Å². The van der Waals surface area contributed by atoms with Gasteiger partial charge in [-0.1, -0.05) is 17.7 Å². The van der Waals surface area contributed by atoms with Crippen LogP contribution in [0.4, 0.5) is 5.69 Å². The van der Waals surface area contributed by atoms with Crippen molar-refractivity contribution >= 4 is 51.9 Å². The summed E-state index contributed by atoms with van der Waals surface area (Å²) in [5.74, 6) is 1.55. The fourth-order valence-corrected chi connectivity index (χ4v) is 4.71. The molecule has 0 saturated carbocycles. The number of nitrogens with zero attached hydrogens (tertiary/aromatic N) is 1. The Hall–Kier alpha value is -2.61. The summed E-state index contributed by atoms with van der Waals surface area (Å²) < 4.78 is 11.8. The minimum Gasteiger partial charge on any atom is -0.494 e. The number of carbonyl (C=O) groups excluding carboxylic acids is 1. The summed E-state index contributed by atoms with van der Waals surface area (Å²) in [6, 6.07) is 15.2. The molecule has 0 radical (unpaired) electrons. The van der Waals surface area contributed by atoms with Crippen LogP contribution in [0.3, 0.4) is 0 Å². The van der Waals surface area contributed by atoms with Gasteiger partial charge in [0.1, 0.15) is 11.5 Å². The van der Waals surface area contributed by atoms with Crippen LogP contribution in [0.15, 0.2) is 59.3 Å². The molecule has 1 aliphatic heterocycles. The van der Waals surface area contributed by atoms with Gasteiger partial charge in [-0.2, -0.15) is 11.3 Å². The number of unbranched alkanes of at least 4 members (excludes halogenated alkanes) is 2. The third kappa shape index (κ3) is 6.25. The molecule has 33 heavy (non-hydrogen) atoms. The van der Waals surface area contributed by atoms with Crippen LogP contribution < -0.4 is 19.7 Å². The fraction of sp³-hybridized carbons (Fsp3) is 0.280. The number of nitrogens with one attached hydrogen (secondary N) is 1. The van der Waals surface area contributed by atoms with E-state index in [-0.39, 0.29) is 5.91 Å². The summed E-state index contributed by atoms with van der Waals surface area (Å²) >= 11 is 12.9. The maximum Gasteiger partial charge on any atom is 0.258 e. The smallest absolute Gasteiger partial charge is 0.258 e. The number of rotatable bonds is 9. The van der Waals surface area contributed by atoms with Crippen molar-refractivity contribution in [2.24, 2.45) is 0 Å². The van der Waals surface area contributed by atoms with Crippen molar-refractivity contribution in [2.45, 2.75) is 25.7 Å². The van der Waals surface area contributed by atoms with E-state index in [0.29, 0.717) is 28.9 Å². The summed E-state index contributed by atoms with van der Waals surface area (Å²) in [5, 5.41) is 7.65. The second-order valence-corrected chi connectivity index (χ2v) is 9.24. The fourth-order valence-electron chi connectivity index (χ4n) is 3.66. The van der Waals surface area contributed by atoms with Crippen molar-refractivity contribution in [3.05, 3.63) is 75.4 Å². The Kier molecular flexibility index (Phi) is 8.20.